The van der Waals surface area contributed by atoms with E-state index in [1.807, 2.05) is 60.7 Å². The maximum atomic E-state index is 13.5. The van der Waals surface area contributed by atoms with Crippen molar-refractivity contribution < 1.29 is 9.59 Å². The Morgan fingerprint density at radius 2 is 1.50 bits per heavy atom. The summed E-state index contributed by atoms with van der Waals surface area (Å²) >= 11 is 18.3. The number of carbonyl (C=O) groups excluding carboxylic acids is 2. The molecular formula is C26H23Cl2N3O2S. The third-order valence-electron chi connectivity index (χ3n) is 5.69. The molecule has 0 spiro atoms. The third kappa shape index (κ3) is 5.41. The van der Waals surface area contributed by atoms with E-state index in [0.717, 1.165) is 16.0 Å². The molecule has 0 radical (unpaired) electrons. The fourth-order valence-electron chi connectivity index (χ4n) is 3.97. The summed E-state index contributed by atoms with van der Waals surface area (Å²) in [5.74, 6) is -0.752. The molecule has 0 aliphatic carbocycles. The lowest BCUT2D eigenvalue weighted by Crippen LogP contribution is -2.50. The van der Waals surface area contributed by atoms with Crippen LogP contribution in [-0.4, -0.2) is 34.4 Å². The number of halogens is 2. The van der Waals surface area contributed by atoms with Gasteiger partial charge in [0.15, 0.2) is 5.11 Å². The monoisotopic (exact) mass is 511 g/mol. The Morgan fingerprint density at radius 1 is 0.912 bits per heavy atom. The molecular weight excluding hydrogens is 489 g/mol. The molecule has 0 bridgehead atoms. The van der Waals surface area contributed by atoms with Crippen molar-refractivity contribution in [1.29, 1.82) is 0 Å². The zero-order valence-corrected chi connectivity index (χ0v) is 20.6. The van der Waals surface area contributed by atoms with Crippen molar-refractivity contribution >= 4 is 58.0 Å². The fourth-order valence-corrected chi connectivity index (χ4v) is 4.82. The van der Waals surface area contributed by atoms with Gasteiger partial charge in [-0.05, 0) is 41.9 Å². The van der Waals surface area contributed by atoms with Crippen LogP contribution in [0, 0.1) is 0 Å². The van der Waals surface area contributed by atoms with Gasteiger partial charge in [0.05, 0.1) is 22.2 Å². The normalized spacial score (nSPS) is 15.5. The van der Waals surface area contributed by atoms with Crippen LogP contribution >= 0.6 is 35.4 Å². The quantitative estimate of drug-likeness (QED) is 0.347. The summed E-state index contributed by atoms with van der Waals surface area (Å²) in [5.41, 5.74) is 2.39. The molecule has 8 heteroatoms. The molecule has 34 heavy (non-hydrogen) atoms. The Kier molecular flexibility index (Phi) is 7.83. The van der Waals surface area contributed by atoms with Gasteiger partial charge in [-0.2, -0.15) is 0 Å². The van der Waals surface area contributed by atoms with Crippen molar-refractivity contribution in [2.45, 2.75) is 25.4 Å². The first-order chi connectivity index (χ1) is 16.5. The smallest absolute Gasteiger partial charge is 0.257 e. The van der Waals surface area contributed by atoms with Gasteiger partial charge in [-0.3, -0.25) is 9.59 Å². The number of nitrogens with zero attached hydrogens (tertiary/aromatic N) is 2. The summed E-state index contributed by atoms with van der Waals surface area (Å²) in [6, 6.07) is 23.9. The van der Waals surface area contributed by atoms with Crippen LogP contribution in [0.5, 0.6) is 0 Å². The largest absolute Gasteiger partial charge is 0.358 e. The Balaban J connectivity index is 1.57. The van der Waals surface area contributed by atoms with Crippen LogP contribution in [0.3, 0.4) is 0 Å². The summed E-state index contributed by atoms with van der Waals surface area (Å²) in [4.78, 5) is 29.4. The van der Waals surface area contributed by atoms with E-state index in [4.69, 9.17) is 35.4 Å². The number of amides is 2. The van der Waals surface area contributed by atoms with Crippen LogP contribution < -0.4 is 10.2 Å². The van der Waals surface area contributed by atoms with Crippen molar-refractivity contribution in [2.24, 2.45) is 0 Å². The highest BCUT2D eigenvalue weighted by atomic mass is 35.5. The number of carbonyl (C=O) groups is 2. The van der Waals surface area contributed by atoms with E-state index in [1.54, 1.807) is 23.1 Å². The lowest BCUT2D eigenvalue weighted by atomic mass is 10.1. The zero-order valence-electron chi connectivity index (χ0n) is 18.3. The zero-order chi connectivity index (χ0) is 24.1. The molecule has 0 saturated carbocycles. The molecule has 0 aromatic heterocycles. The van der Waals surface area contributed by atoms with Gasteiger partial charge < -0.3 is 10.2 Å². The lowest BCUT2D eigenvalue weighted by Gasteiger charge is -2.30. The maximum Gasteiger partial charge on any atom is 0.257 e. The van der Waals surface area contributed by atoms with Crippen molar-refractivity contribution in [2.75, 3.05) is 11.4 Å². The number of hydrogen-bond acceptors (Lipinski definition) is 3. The molecule has 1 N–H and O–H groups in total. The number of nitrogens with one attached hydrogen (secondary N) is 1. The molecule has 1 aliphatic heterocycles. The first-order valence-corrected chi connectivity index (χ1v) is 12.0. The summed E-state index contributed by atoms with van der Waals surface area (Å²) < 4.78 is 0. The van der Waals surface area contributed by atoms with Gasteiger partial charge in [-0.15, -0.1) is 0 Å². The van der Waals surface area contributed by atoms with E-state index in [-0.39, 0.29) is 28.1 Å². The Hall–Kier alpha value is -2.93. The summed E-state index contributed by atoms with van der Waals surface area (Å²) in [5, 5.41) is 4.15. The van der Waals surface area contributed by atoms with Gasteiger partial charge in [0.1, 0.15) is 6.04 Å². The van der Waals surface area contributed by atoms with Crippen LogP contribution in [0.15, 0.2) is 78.9 Å². The Bertz CT molecular complexity index is 1170. The van der Waals surface area contributed by atoms with E-state index in [9.17, 15) is 9.59 Å². The van der Waals surface area contributed by atoms with Crippen LogP contribution in [0.1, 0.15) is 17.5 Å². The average molecular weight is 512 g/mol. The van der Waals surface area contributed by atoms with Crippen molar-refractivity contribution in [1.82, 2.24) is 10.2 Å². The maximum absolute atomic E-state index is 13.5. The predicted molar refractivity (Wildman–Crippen MR) is 140 cm³/mol. The standard InChI is InChI=1S/C26H23Cl2N3O2S/c27-20-12-7-13-21(28)24(20)31-23(32)16-22(25(31)33)30(15-14-18-8-3-1-4-9-18)26(34)29-17-19-10-5-2-6-11-19/h1-13,22H,14-17H2,(H,29,34). The van der Waals surface area contributed by atoms with E-state index in [2.05, 4.69) is 5.32 Å². The highest BCUT2D eigenvalue weighted by Crippen LogP contribution is 2.37. The molecule has 1 saturated heterocycles. The van der Waals surface area contributed by atoms with Crippen LogP contribution in [0.25, 0.3) is 0 Å². The number of para-hydroxylation sites is 1. The second-order valence-corrected chi connectivity index (χ2v) is 9.13. The fraction of sp³-hybridized carbons (Fsp3) is 0.192. The van der Waals surface area contributed by atoms with Gasteiger partial charge in [-0.25, -0.2) is 4.90 Å². The molecule has 1 atom stereocenters. The molecule has 1 heterocycles. The number of benzene rings is 3. The average Bonchev–Trinajstić information content (AvgIpc) is 3.13. The summed E-state index contributed by atoms with van der Waals surface area (Å²) in [6.07, 6.45) is 0.654. The van der Waals surface area contributed by atoms with Gasteiger partial charge in [0, 0.05) is 13.1 Å². The molecule has 2 amide bonds. The molecule has 5 nitrogen and oxygen atoms in total. The Morgan fingerprint density at radius 3 is 2.12 bits per heavy atom. The van der Waals surface area contributed by atoms with Crippen molar-refractivity contribution in [3.8, 4) is 0 Å². The highest BCUT2D eigenvalue weighted by molar-refractivity contribution is 7.80. The molecule has 174 valence electrons. The molecule has 1 unspecified atom stereocenters. The number of hydrogen-bond donors (Lipinski definition) is 1. The Labute approximate surface area is 214 Å². The first-order valence-electron chi connectivity index (χ1n) is 10.9. The van der Waals surface area contributed by atoms with Gasteiger partial charge in [0.2, 0.25) is 5.91 Å². The van der Waals surface area contributed by atoms with Gasteiger partial charge >= 0.3 is 0 Å². The lowest BCUT2D eigenvalue weighted by molar-refractivity contribution is -0.122. The van der Waals surface area contributed by atoms with Gasteiger partial charge in [0.25, 0.3) is 5.91 Å². The van der Waals surface area contributed by atoms with E-state index >= 15 is 0 Å². The van der Waals surface area contributed by atoms with E-state index in [0.29, 0.717) is 24.6 Å². The second-order valence-electron chi connectivity index (χ2n) is 7.93. The molecule has 4 rings (SSSR count). The van der Waals surface area contributed by atoms with E-state index in [1.165, 1.54) is 0 Å². The highest BCUT2D eigenvalue weighted by Gasteiger charge is 2.44. The van der Waals surface area contributed by atoms with Crippen LogP contribution in [0.2, 0.25) is 10.0 Å². The van der Waals surface area contributed by atoms with Gasteiger partial charge in [-0.1, -0.05) is 89.9 Å². The second kappa shape index (κ2) is 11.0. The predicted octanol–water partition coefficient (Wildman–Crippen LogP) is 5.24. The minimum atomic E-state index is -0.751. The molecule has 1 aliphatic rings. The third-order valence-corrected chi connectivity index (χ3v) is 6.68. The topological polar surface area (TPSA) is 52.7 Å². The van der Waals surface area contributed by atoms with Crippen LogP contribution in [0.4, 0.5) is 5.69 Å². The minimum Gasteiger partial charge on any atom is -0.358 e. The number of rotatable bonds is 7. The number of anilines is 1. The first kappa shape index (κ1) is 24.2. The molecule has 1 fully saturated rings. The van der Waals surface area contributed by atoms with Crippen LogP contribution in [-0.2, 0) is 22.6 Å². The summed E-state index contributed by atoms with van der Waals surface area (Å²) in [7, 11) is 0. The van der Waals surface area contributed by atoms with Crippen molar-refractivity contribution in [3.05, 3.63) is 100 Å². The molecule has 3 aromatic rings. The number of imide groups is 1. The van der Waals surface area contributed by atoms with E-state index < -0.39 is 11.9 Å². The molecule has 3 aromatic carbocycles. The SMILES string of the molecule is O=C1CC(N(CCc2ccccc2)C(=S)NCc2ccccc2)C(=O)N1c1c(Cl)cccc1Cl. The van der Waals surface area contributed by atoms with Crippen molar-refractivity contribution in [3.63, 3.8) is 0 Å². The summed E-state index contributed by atoms with van der Waals surface area (Å²) in [6.45, 7) is 0.981. The minimum absolute atomic E-state index is 0.0116. The number of thiocarbonyl (C=S) groups is 1.